The maximum atomic E-state index is 12.0. The summed E-state index contributed by atoms with van der Waals surface area (Å²) in [7, 11) is 0. The van der Waals surface area contributed by atoms with E-state index in [1.807, 2.05) is 36.4 Å². The van der Waals surface area contributed by atoms with E-state index in [2.05, 4.69) is 11.1 Å². The predicted molar refractivity (Wildman–Crippen MR) is 84.5 cm³/mol. The molecule has 0 saturated heterocycles. The zero-order valence-electron chi connectivity index (χ0n) is 10.8. The van der Waals surface area contributed by atoms with Gasteiger partial charge in [0.25, 0.3) is 0 Å². The zero-order chi connectivity index (χ0) is 14.1. The van der Waals surface area contributed by atoms with Gasteiger partial charge < -0.3 is 4.55 Å². The van der Waals surface area contributed by atoms with E-state index in [4.69, 9.17) is 11.6 Å². The van der Waals surface area contributed by atoms with Gasteiger partial charge in [0.1, 0.15) is 11.4 Å². The summed E-state index contributed by atoms with van der Waals surface area (Å²) in [5.41, 5.74) is 1.87. The molecule has 20 heavy (non-hydrogen) atoms. The van der Waals surface area contributed by atoms with E-state index in [9.17, 15) is 4.55 Å². The quantitative estimate of drug-likeness (QED) is 0.523. The van der Waals surface area contributed by atoms with Crippen LogP contribution in [0.3, 0.4) is 0 Å². The standard InChI is InChI=1S/C16H12ClNOS/c1-20(19)15-9-12-5-3-2-4-11(12)8-14(15)13-6-7-18-16(17)10-13/h2-10H,1H3. The molecule has 0 bridgehead atoms. The van der Waals surface area contributed by atoms with Gasteiger partial charge in [-0.2, -0.15) is 0 Å². The Bertz CT molecular complexity index is 773. The van der Waals surface area contributed by atoms with Crippen LogP contribution in [0.4, 0.5) is 0 Å². The van der Waals surface area contributed by atoms with E-state index in [0.29, 0.717) is 5.15 Å². The lowest BCUT2D eigenvalue weighted by Gasteiger charge is -2.12. The fraction of sp³-hybridized carbons (Fsp3) is 0.0625. The molecule has 2 nitrogen and oxygen atoms in total. The third kappa shape index (κ3) is 2.52. The number of pyridine rings is 1. The number of halogens is 1. The summed E-state index contributed by atoms with van der Waals surface area (Å²) in [5.74, 6) is 0. The zero-order valence-corrected chi connectivity index (χ0v) is 12.4. The molecule has 0 fully saturated rings. The van der Waals surface area contributed by atoms with Crippen LogP contribution < -0.4 is 0 Å². The molecule has 0 saturated carbocycles. The first kappa shape index (κ1) is 13.4. The van der Waals surface area contributed by atoms with Crippen molar-refractivity contribution in [2.75, 3.05) is 6.26 Å². The third-order valence-corrected chi connectivity index (χ3v) is 4.36. The summed E-state index contributed by atoms with van der Waals surface area (Å²) in [4.78, 5) is 4.80. The molecule has 1 heterocycles. The van der Waals surface area contributed by atoms with Gasteiger partial charge in [-0.1, -0.05) is 35.9 Å². The lowest BCUT2D eigenvalue weighted by Crippen LogP contribution is -2.00. The Labute approximate surface area is 125 Å². The topological polar surface area (TPSA) is 36.0 Å². The Morgan fingerprint density at radius 2 is 1.75 bits per heavy atom. The van der Waals surface area contributed by atoms with Crippen LogP contribution in [0.1, 0.15) is 0 Å². The van der Waals surface area contributed by atoms with Crippen molar-refractivity contribution < 1.29 is 4.55 Å². The van der Waals surface area contributed by atoms with Crippen LogP contribution in [-0.2, 0) is 11.2 Å². The Morgan fingerprint density at radius 1 is 1.05 bits per heavy atom. The van der Waals surface area contributed by atoms with Crippen LogP contribution >= 0.6 is 11.6 Å². The van der Waals surface area contributed by atoms with Gasteiger partial charge in [-0.3, -0.25) is 0 Å². The van der Waals surface area contributed by atoms with Crippen molar-refractivity contribution in [3.63, 3.8) is 0 Å². The van der Waals surface area contributed by atoms with E-state index in [1.54, 1.807) is 18.5 Å². The molecule has 3 rings (SSSR count). The van der Waals surface area contributed by atoms with E-state index in [-0.39, 0.29) is 0 Å². The average Bonchev–Trinajstić information content (AvgIpc) is 2.46. The third-order valence-electron chi connectivity index (χ3n) is 3.20. The van der Waals surface area contributed by atoms with Crippen LogP contribution in [0.2, 0.25) is 5.15 Å². The van der Waals surface area contributed by atoms with Crippen LogP contribution in [0.5, 0.6) is 0 Å². The number of benzene rings is 2. The minimum Gasteiger partial charge on any atom is -0.612 e. The lowest BCUT2D eigenvalue weighted by atomic mass is 10.0. The van der Waals surface area contributed by atoms with Crippen molar-refractivity contribution in [2.24, 2.45) is 0 Å². The molecule has 0 aliphatic rings. The Morgan fingerprint density at radius 3 is 2.40 bits per heavy atom. The molecule has 0 radical (unpaired) electrons. The molecule has 0 amide bonds. The van der Waals surface area contributed by atoms with Crippen LogP contribution in [-0.4, -0.2) is 15.8 Å². The molecule has 3 aromatic rings. The summed E-state index contributed by atoms with van der Waals surface area (Å²) in [6, 6.07) is 15.8. The predicted octanol–water partition coefficient (Wildman–Crippen LogP) is 4.29. The maximum Gasteiger partial charge on any atom is 0.160 e. The largest absolute Gasteiger partial charge is 0.612 e. The summed E-state index contributed by atoms with van der Waals surface area (Å²) in [6.45, 7) is 0. The maximum absolute atomic E-state index is 12.0. The normalized spacial score (nSPS) is 12.6. The second-order valence-electron chi connectivity index (χ2n) is 4.52. The van der Waals surface area contributed by atoms with Gasteiger partial charge in [-0.15, -0.1) is 0 Å². The van der Waals surface area contributed by atoms with Crippen molar-refractivity contribution >= 4 is 33.5 Å². The number of aromatic nitrogens is 1. The first-order valence-electron chi connectivity index (χ1n) is 6.13. The molecule has 0 spiro atoms. The first-order valence-corrected chi connectivity index (χ1v) is 8.07. The molecule has 2 aromatic carbocycles. The Hall–Kier alpha value is -1.55. The SMILES string of the molecule is C[S+]([O-])c1cc2ccccc2cc1-c1ccnc(Cl)c1. The van der Waals surface area contributed by atoms with Crippen LogP contribution in [0, 0.1) is 0 Å². The number of rotatable bonds is 2. The van der Waals surface area contributed by atoms with E-state index >= 15 is 0 Å². The highest BCUT2D eigenvalue weighted by Crippen LogP contribution is 2.32. The Balaban J connectivity index is 2.29. The van der Waals surface area contributed by atoms with Crippen molar-refractivity contribution in [3.05, 3.63) is 59.9 Å². The highest BCUT2D eigenvalue weighted by Gasteiger charge is 2.15. The van der Waals surface area contributed by atoms with E-state index in [1.165, 1.54) is 0 Å². The number of fused-ring (bicyclic) bond motifs is 1. The van der Waals surface area contributed by atoms with Gasteiger partial charge in [0, 0.05) is 17.8 Å². The Kier molecular flexibility index (Phi) is 3.66. The minimum absolute atomic E-state index is 0.434. The second kappa shape index (κ2) is 5.44. The van der Waals surface area contributed by atoms with Gasteiger partial charge in [0.15, 0.2) is 4.90 Å². The molecule has 0 N–H and O–H groups in total. The van der Waals surface area contributed by atoms with Gasteiger partial charge in [0.05, 0.1) is 0 Å². The second-order valence-corrected chi connectivity index (χ2v) is 6.25. The van der Waals surface area contributed by atoms with Gasteiger partial charge >= 0.3 is 0 Å². The molecular weight excluding hydrogens is 290 g/mol. The van der Waals surface area contributed by atoms with Crippen molar-refractivity contribution in [2.45, 2.75) is 4.90 Å². The fourth-order valence-corrected chi connectivity index (χ4v) is 3.21. The average molecular weight is 302 g/mol. The van der Waals surface area contributed by atoms with Crippen LogP contribution in [0.15, 0.2) is 59.6 Å². The minimum atomic E-state index is -1.07. The lowest BCUT2D eigenvalue weighted by molar-refractivity contribution is 0.601. The number of hydrogen-bond acceptors (Lipinski definition) is 2. The molecule has 100 valence electrons. The fourth-order valence-electron chi connectivity index (χ4n) is 2.25. The molecule has 0 aliphatic carbocycles. The van der Waals surface area contributed by atoms with E-state index < -0.39 is 11.2 Å². The summed E-state index contributed by atoms with van der Waals surface area (Å²) >= 11 is 4.89. The summed E-state index contributed by atoms with van der Waals surface area (Å²) in [6.07, 6.45) is 3.35. The van der Waals surface area contributed by atoms with Gasteiger partial charge in [-0.05, 0) is 45.7 Å². The number of nitrogens with zero attached hydrogens (tertiary/aromatic N) is 1. The van der Waals surface area contributed by atoms with Crippen molar-refractivity contribution in [3.8, 4) is 11.1 Å². The molecular formula is C16H12ClNOS. The van der Waals surface area contributed by atoms with Crippen LogP contribution in [0.25, 0.3) is 21.9 Å². The molecule has 1 unspecified atom stereocenters. The van der Waals surface area contributed by atoms with E-state index in [0.717, 1.165) is 26.8 Å². The van der Waals surface area contributed by atoms with Gasteiger partial charge in [-0.25, -0.2) is 4.98 Å². The van der Waals surface area contributed by atoms with Crippen molar-refractivity contribution in [1.29, 1.82) is 0 Å². The highest BCUT2D eigenvalue weighted by atomic mass is 35.5. The van der Waals surface area contributed by atoms with Crippen molar-refractivity contribution in [1.82, 2.24) is 4.98 Å². The smallest absolute Gasteiger partial charge is 0.160 e. The molecule has 4 heteroatoms. The summed E-state index contributed by atoms with van der Waals surface area (Å²) < 4.78 is 12.0. The number of hydrogen-bond donors (Lipinski definition) is 0. The van der Waals surface area contributed by atoms with Gasteiger partial charge in [0.2, 0.25) is 0 Å². The molecule has 0 aliphatic heterocycles. The first-order chi connectivity index (χ1) is 9.65. The highest BCUT2D eigenvalue weighted by molar-refractivity contribution is 7.90. The summed E-state index contributed by atoms with van der Waals surface area (Å²) in [5, 5.41) is 2.63. The molecule has 1 atom stereocenters. The monoisotopic (exact) mass is 301 g/mol. The molecule has 1 aromatic heterocycles.